The molecule has 0 atom stereocenters. The smallest absolute Gasteiger partial charge is 0.243 e. The summed E-state index contributed by atoms with van der Waals surface area (Å²) in [7, 11) is 1.83. The number of aryl methyl sites for hydroxylation is 1. The largest absolute Gasteiger partial charge is 0.289 e. The topological polar surface area (TPSA) is 50.2 Å². The lowest BCUT2D eigenvalue weighted by Crippen LogP contribution is -2.40. The lowest BCUT2D eigenvalue weighted by Gasteiger charge is -2.20. The summed E-state index contributed by atoms with van der Waals surface area (Å²) in [5.41, 5.74) is 7.66. The lowest BCUT2D eigenvalue weighted by atomic mass is 10.1. The van der Waals surface area contributed by atoms with Crippen LogP contribution in [-0.2, 0) is 11.2 Å². The van der Waals surface area contributed by atoms with Crippen LogP contribution in [0.25, 0.3) is 5.69 Å². The van der Waals surface area contributed by atoms with E-state index in [1.807, 2.05) is 86.2 Å². The number of amides is 1. The van der Waals surface area contributed by atoms with E-state index in [4.69, 9.17) is 0 Å². The number of benzene rings is 2. The molecule has 2 aromatic carbocycles. The van der Waals surface area contributed by atoms with Crippen LogP contribution < -0.4 is 10.4 Å². The van der Waals surface area contributed by atoms with Crippen LogP contribution in [0.3, 0.4) is 0 Å². The van der Waals surface area contributed by atoms with Crippen molar-refractivity contribution in [3.63, 3.8) is 0 Å². The molecule has 0 spiro atoms. The number of nitrogens with one attached hydrogen (secondary N) is 1. The Labute approximate surface area is 147 Å². The van der Waals surface area contributed by atoms with Gasteiger partial charge in [0.1, 0.15) is 0 Å². The summed E-state index contributed by atoms with van der Waals surface area (Å²) >= 11 is 0. The summed E-state index contributed by atoms with van der Waals surface area (Å²) < 4.78 is 1.89. The number of hydrogen-bond donors (Lipinski definition) is 1. The summed E-state index contributed by atoms with van der Waals surface area (Å²) in [6.07, 6.45) is 0.293. The van der Waals surface area contributed by atoms with Crippen molar-refractivity contribution in [2.45, 2.75) is 20.3 Å². The molecular formula is C20H22N4O. The molecule has 0 aliphatic carbocycles. The van der Waals surface area contributed by atoms with E-state index in [2.05, 4.69) is 10.5 Å². The monoisotopic (exact) mass is 334 g/mol. The van der Waals surface area contributed by atoms with Gasteiger partial charge in [-0.25, -0.2) is 4.68 Å². The van der Waals surface area contributed by atoms with Crippen LogP contribution in [0.1, 0.15) is 17.0 Å². The van der Waals surface area contributed by atoms with Crippen molar-refractivity contribution in [3.05, 3.63) is 77.6 Å². The number of rotatable bonds is 5. The zero-order valence-corrected chi connectivity index (χ0v) is 14.7. The standard InChI is InChI=1S/C20H22N4O/c1-15-19(16(2)24(21-15)18-12-8-5-9-13-18)14-20(25)22-23(3)17-10-6-4-7-11-17/h4-13H,14H2,1-3H3,(H,22,25). The first-order valence-electron chi connectivity index (χ1n) is 8.25. The molecule has 0 fully saturated rings. The lowest BCUT2D eigenvalue weighted by molar-refractivity contribution is -0.120. The third-order valence-corrected chi connectivity index (χ3v) is 4.22. The number of nitrogens with zero attached hydrogens (tertiary/aromatic N) is 3. The van der Waals surface area contributed by atoms with Crippen molar-refractivity contribution in [1.82, 2.24) is 15.2 Å². The van der Waals surface area contributed by atoms with Crippen LogP contribution in [0.2, 0.25) is 0 Å². The second kappa shape index (κ2) is 7.21. The molecule has 1 heterocycles. The van der Waals surface area contributed by atoms with Gasteiger partial charge in [0.05, 0.1) is 23.5 Å². The Hall–Kier alpha value is -3.08. The second-order valence-corrected chi connectivity index (χ2v) is 6.00. The number of carbonyl (C=O) groups is 1. The van der Waals surface area contributed by atoms with Gasteiger partial charge >= 0.3 is 0 Å². The Morgan fingerprint density at radius 2 is 1.64 bits per heavy atom. The third-order valence-electron chi connectivity index (χ3n) is 4.22. The number of para-hydroxylation sites is 2. The number of anilines is 1. The van der Waals surface area contributed by atoms with Crippen molar-refractivity contribution >= 4 is 11.6 Å². The van der Waals surface area contributed by atoms with E-state index in [1.54, 1.807) is 5.01 Å². The van der Waals surface area contributed by atoms with Gasteiger partial charge in [-0.15, -0.1) is 0 Å². The van der Waals surface area contributed by atoms with Gasteiger partial charge in [-0.05, 0) is 38.1 Å². The molecule has 0 saturated heterocycles. The minimum Gasteiger partial charge on any atom is -0.289 e. The SMILES string of the molecule is Cc1nn(-c2ccccc2)c(C)c1CC(=O)NN(C)c1ccccc1. The van der Waals surface area contributed by atoms with Gasteiger partial charge in [0.15, 0.2) is 0 Å². The molecule has 0 aliphatic rings. The van der Waals surface area contributed by atoms with Gasteiger partial charge in [0.25, 0.3) is 0 Å². The van der Waals surface area contributed by atoms with Gasteiger partial charge in [-0.2, -0.15) is 5.10 Å². The fourth-order valence-corrected chi connectivity index (χ4v) is 2.85. The van der Waals surface area contributed by atoms with Gasteiger partial charge in [0.2, 0.25) is 5.91 Å². The molecule has 0 saturated carbocycles. The first-order chi connectivity index (χ1) is 12.1. The molecule has 1 N–H and O–H groups in total. The molecule has 5 nitrogen and oxygen atoms in total. The molecular weight excluding hydrogens is 312 g/mol. The molecule has 0 bridgehead atoms. The summed E-state index contributed by atoms with van der Waals surface area (Å²) in [6, 6.07) is 19.7. The fraction of sp³-hybridized carbons (Fsp3) is 0.200. The third kappa shape index (κ3) is 3.71. The van der Waals surface area contributed by atoms with E-state index in [9.17, 15) is 4.79 Å². The summed E-state index contributed by atoms with van der Waals surface area (Å²) in [4.78, 5) is 12.5. The Kier molecular flexibility index (Phi) is 4.84. The van der Waals surface area contributed by atoms with Gasteiger partial charge in [-0.1, -0.05) is 36.4 Å². The Morgan fingerprint density at radius 3 is 2.28 bits per heavy atom. The van der Waals surface area contributed by atoms with Crippen molar-refractivity contribution in [2.24, 2.45) is 0 Å². The van der Waals surface area contributed by atoms with Crippen LogP contribution in [-0.4, -0.2) is 22.7 Å². The number of hydrogen-bond acceptors (Lipinski definition) is 3. The van der Waals surface area contributed by atoms with E-state index < -0.39 is 0 Å². The number of hydrazine groups is 1. The number of carbonyl (C=O) groups excluding carboxylic acids is 1. The van der Waals surface area contributed by atoms with E-state index in [-0.39, 0.29) is 5.91 Å². The predicted molar refractivity (Wildman–Crippen MR) is 99.7 cm³/mol. The van der Waals surface area contributed by atoms with Gasteiger partial charge < -0.3 is 0 Å². The van der Waals surface area contributed by atoms with Crippen LogP contribution in [0.15, 0.2) is 60.7 Å². The summed E-state index contributed by atoms with van der Waals surface area (Å²) in [6.45, 7) is 3.94. The molecule has 3 aromatic rings. The molecule has 25 heavy (non-hydrogen) atoms. The van der Waals surface area contributed by atoms with Crippen molar-refractivity contribution in [3.8, 4) is 5.69 Å². The minimum atomic E-state index is -0.0647. The highest BCUT2D eigenvalue weighted by Gasteiger charge is 2.16. The van der Waals surface area contributed by atoms with Gasteiger partial charge in [0, 0.05) is 18.3 Å². The summed E-state index contributed by atoms with van der Waals surface area (Å²) in [5.74, 6) is -0.0647. The van der Waals surface area contributed by atoms with E-state index in [0.717, 1.165) is 28.3 Å². The van der Waals surface area contributed by atoms with Crippen molar-refractivity contribution in [1.29, 1.82) is 0 Å². The Bertz CT molecular complexity index is 856. The zero-order valence-electron chi connectivity index (χ0n) is 14.7. The highest BCUT2D eigenvalue weighted by molar-refractivity contribution is 5.80. The molecule has 1 amide bonds. The maximum absolute atomic E-state index is 12.5. The van der Waals surface area contributed by atoms with Crippen LogP contribution in [0.5, 0.6) is 0 Å². The molecule has 128 valence electrons. The average molecular weight is 334 g/mol. The molecule has 0 radical (unpaired) electrons. The Morgan fingerprint density at radius 1 is 1.04 bits per heavy atom. The van der Waals surface area contributed by atoms with Crippen LogP contribution in [0, 0.1) is 13.8 Å². The first kappa shape index (κ1) is 16.8. The van der Waals surface area contributed by atoms with Crippen LogP contribution >= 0.6 is 0 Å². The maximum atomic E-state index is 12.5. The highest BCUT2D eigenvalue weighted by atomic mass is 16.2. The van der Waals surface area contributed by atoms with E-state index in [1.165, 1.54) is 0 Å². The normalized spacial score (nSPS) is 10.5. The predicted octanol–water partition coefficient (Wildman–Crippen LogP) is 3.20. The summed E-state index contributed by atoms with van der Waals surface area (Å²) in [5, 5.41) is 6.32. The Balaban J connectivity index is 1.75. The molecule has 0 aliphatic heterocycles. The van der Waals surface area contributed by atoms with Crippen LogP contribution in [0.4, 0.5) is 5.69 Å². The molecule has 0 unspecified atom stereocenters. The minimum absolute atomic E-state index is 0.0647. The molecule has 1 aromatic heterocycles. The average Bonchev–Trinajstić information content (AvgIpc) is 2.91. The van der Waals surface area contributed by atoms with Gasteiger partial charge in [-0.3, -0.25) is 15.2 Å². The maximum Gasteiger partial charge on any atom is 0.243 e. The second-order valence-electron chi connectivity index (χ2n) is 6.00. The quantitative estimate of drug-likeness (QED) is 0.729. The highest BCUT2D eigenvalue weighted by Crippen LogP contribution is 2.18. The van der Waals surface area contributed by atoms with E-state index >= 15 is 0 Å². The molecule has 3 rings (SSSR count). The molecule has 5 heteroatoms. The van der Waals surface area contributed by atoms with E-state index in [0.29, 0.717) is 6.42 Å². The van der Waals surface area contributed by atoms with Crippen molar-refractivity contribution < 1.29 is 4.79 Å². The first-order valence-corrected chi connectivity index (χ1v) is 8.25. The fourth-order valence-electron chi connectivity index (χ4n) is 2.85. The van der Waals surface area contributed by atoms with Crippen molar-refractivity contribution in [2.75, 3.05) is 12.1 Å². The number of aromatic nitrogens is 2. The zero-order chi connectivity index (χ0) is 17.8.